The zero-order valence-electron chi connectivity index (χ0n) is 18.2. The van der Waals surface area contributed by atoms with E-state index < -0.39 is 0 Å². The number of fused-ring (bicyclic) bond motifs is 2. The highest BCUT2D eigenvalue weighted by atomic mass is 16.5. The number of hydrogen-bond donors (Lipinski definition) is 0. The van der Waals surface area contributed by atoms with Gasteiger partial charge in [0.1, 0.15) is 6.54 Å². The summed E-state index contributed by atoms with van der Waals surface area (Å²) in [7, 11) is 0. The second-order valence-electron chi connectivity index (χ2n) is 7.59. The average Bonchev–Trinajstić information content (AvgIpc) is 2.77. The molecule has 0 spiro atoms. The average molecular weight is 421 g/mol. The number of aromatic nitrogens is 2. The third-order valence-electron chi connectivity index (χ3n) is 5.57. The van der Waals surface area contributed by atoms with Crippen molar-refractivity contribution in [2.75, 3.05) is 19.8 Å². The molecule has 1 aromatic heterocycles. The largest absolute Gasteiger partial charge is 0.490 e. The summed E-state index contributed by atoms with van der Waals surface area (Å²) in [5.74, 6) is 1.31. The molecule has 7 nitrogen and oxygen atoms in total. The fourth-order valence-electron chi connectivity index (χ4n) is 4.05. The van der Waals surface area contributed by atoms with Crippen molar-refractivity contribution in [1.82, 2.24) is 14.7 Å². The lowest BCUT2D eigenvalue weighted by molar-refractivity contribution is -0.133. The Morgan fingerprint density at radius 2 is 1.68 bits per heavy atom. The molecule has 0 unspecified atom stereocenters. The van der Waals surface area contributed by atoms with Gasteiger partial charge in [-0.1, -0.05) is 18.2 Å². The highest BCUT2D eigenvalue weighted by molar-refractivity contribution is 5.83. The van der Waals surface area contributed by atoms with Gasteiger partial charge in [0, 0.05) is 18.5 Å². The van der Waals surface area contributed by atoms with E-state index in [1.165, 1.54) is 4.68 Å². The van der Waals surface area contributed by atoms with Crippen molar-refractivity contribution in [1.29, 1.82) is 0 Å². The van der Waals surface area contributed by atoms with Crippen molar-refractivity contribution >= 4 is 16.7 Å². The van der Waals surface area contributed by atoms with Crippen LogP contribution in [0.5, 0.6) is 11.5 Å². The normalized spacial score (nSPS) is 13.2. The van der Waals surface area contributed by atoms with Crippen molar-refractivity contribution in [3.05, 3.63) is 63.6 Å². The molecule has 31 heavy (non-hydrogen) atoms. The molecule has 2 aromatic carbocycles. The van der Waals surface area contributed by atoms with Gasteiger partial charge in [-0.15, -0.1) is 0 Å². The van der Waals surface area contributed by atoms with Crippen LogP contribution in [0.25, 0.3) is 10.8 Å². The van der Waals surface area contributed by atoms with Crippen molar-refractivity contribution in [2.45, 2.75) is 40.3 Å². The van der Waals surface area contributed by atoms with E-state index in [0.29, 0.717) is 37.4 Å². The quantitative estimate of drug-likeness (QED) is 0.612. The predicted molar refractivity (Wildman–Crippen MR) is 119 cm³/mol. The Hall–Kier alpha value is -3.35. The van der Waals surface area contributed by atoms with Crippen LogP contribution >= 0.6 is 0 Å². The molecule has 0 bridgehead atoms. The molecule has 1 aliphatic heterocycles. The van der Waals surface area contributed by atoms with Crippen molar-refractivity contribution < 1.29 is 14.3 Å². The Kier molecular flexibility index (Phi) is 5.93. The van der Waals surface area contributed by atoms with Gasteiger partial charge >= 0.3 is 0 Å². The zero-order valence-corrected chi connectivity index (χ0v) is 18.2. The summed E-state index contributed by atoms with van der Waals surface area (Å²) < 4.78 is 12.7. The van der Waals surface area contributed by atoms with Gasteiger partial charge in [0.15, 0.2) is 11.5 Å². The number of carbonyl (C=O) groups is 1. The van der Waals surface area contributed by atoms with Crippen LogP contribution in [-0.4, -0.2) is 40.3 Å². The van der Waals surface area contributed by atoms with Crippen LogP contribution in [-0.2, 0) is 24.3 Å². The van der Waals surface area contributed by atoms with Crippen LogP contribution in [0.4, 0.5) is 0 Å². The van der Waals surface area contributed by atoms with Crippen LogP contribution in [0.15, 0.2) is 41.2 Å². The molecular formula is C24H27N3O4. The molecule has 0 N–H and O–H groups in total. The number of amides is 1. The first-order valence-electron chi connectivity index (χ1n) is 10.7. The van der Waals surface area contributed by atoms with E-state index >= 15 is 0 Å². The molecule has 0 aliphatic carbocycles. The summed E-state index contributed by atoms with van der Waals surface area (Å²) in [6.45, 7) is 7.82. The fourth-order valence-corrected chi connectivity index (χ4v) is 4.05. The third-order valence-corrected chi connectivity index (χ3v) is 5.57. The standard InChI is InChI=1S/C24H27N3O4/c1-4-30-21-12-17-10-11-26(14-18(17)13-22(21)31-5-2)23(28)15-27-24(29)20-9-7-6-8-19(20)16(3)25-27/h6-9,12-13H,4-5,10-11,14-15H2,1-3H3. The number of ether oxygens (including phenoxy) is 2. The summed E-state index contributed by atoms with van der Waals surface area (Å²) in [5, 5.41) is 5.77. The number of hydrogen-bond acceptors (Lipinski definition) is 5. The first-order chi connectivity index (χ1) is 15.0. The zero-order chi connectivity index (χ0) is 22.0. The second kappa shape index (κ2) is 8.79. The van der Waals surface area contributed by atoms with E-state index in [1.807, 2.05) is 51.1 Å². The molecule has 2 heterocycles. The number of rotatable bonds is 6. The predicted octanol–water partition coefficient (Wildman–Crippen LogP) is 3.09. The van der Waals surface area contributed by atoms with Gasteiger partial charge in [-0.3, -0.25) is 9.59 Å². The van der Waals surface area contributed by atoms with E-state index in [1.54, 1.807) is 11.0 Å². The van der Waals surface area contributed by atoms with Gasteiger partial charge in [0.2, 0.25) is 5.91 Å². The maximum absolute atomic E-state index is 13.0. The van der Waals surface area contributed by atoms with Crippen LogP contribution in [0, 0.1) is 6.92 Å². The first kappa shape index (κ1) is 20.9. The Morgan fingerprint density at radius 3 is 2.35 bits per heavy atom. The maximum atomic E-state index is 13.0. The van der Waals surface area contributed by atoms with Gasteiger partial charge in [0.05, 0.1) is 24.3 Å². The summed E-state index contributed by atoms with van der Waals surface area (Å²) >= 11 is 0. The van der Waals surface area contributed by atoms with Gasteiger partial charge < -0.3 is 14.4 Å². The minimum atomic E-state index is -0.244. The van der Waals surface area contributed by atoms with E-state index in [0.717, 1.165) is 34.4 Å². The van der Waals surface area contributed by atoms with Crippen LogP contribution in [0.1, 0.15) is 30.7 Å². The van der Waals surface area contributed by atoms with Crippen LogP contribution < -0.4 is 15.0 Å². The Bertz CT molecular complexity index is 1190. The summed E-state index contributed by atoms with van der Waals surface area (Å²) in [5.41, 5.74) is 2.69. The number of nitrogens with zero attached hydrogens (tertiary/aromatic N) is 3. The summed E-state index contributed by atoms with van der Waals surface area (Å²) in [6, 6.07) is 11.3. The minimum Gasteiger partial charge on any atom is -0.490 e. The Balaban J connectivity index is 1.57. The second-order valence-corrected chi connectivity index (χ2v) is 7.59. The lowest BCUT2D eigenvalue weighted by atomic mass is 9.98. The molecule has 0 saturated carbocycles. The van der Waals surface area contributed by atoms with Crippen molar-refractivity contribution in [3.8, 4) is 11.5 Å². The number of aryl methyl sites for hydroxylation is 1. The molecule has 0 saturated heterocycles. The molecule has 162 valence electrons. The molecule has 7 heteroatoms. The topological polar surface area (TPSA) is 73.7 Å². The van der Waals surface area contributed by atoms with Gasteiger partial charge in [-0.2, -0.15) is 5.10 Å². The van der Waals surface area contributed by atoms with Gasteiger partial charge in [-0.05, 0) is 56.5 Å². The lowest BCUT2D eigenvalue weighted by Gasteiger charge is -2.30. The molecule has 0 radical (unpaired) electrons. The maximum Gasteiger partial charge on any atom is 0.275 e. The summed E-state index contributed by atoms with van der Waals surface area (Å²) in [4.78, 5) is 27.6. The molecule has 1 aliphatic rings. The van der Waals surface area contributed by atoms with Crippen LogP contribution in [0.3, 0.4) is 0 Å². The van der Waals surface area contributed by atoms with Gasteiger partial charge in [0.25, 0.3) is 5.56 Å². The molecule has 0 fully saturated rings. The molecule has 1 amide bonds. The fraction of sp³-hybridized carbons (Fsp3) is 0.375. The van der Waals surface area contributed by atoms with Gasteiger partial charge in [-0.25, -0.2) is 4.68 Å². The van der Waals surface area contributed by atoms with E-state index in [9.17, 15) is 9.59 Å². The Labute approximate surface area is 181 Å². The number of carbonyl (C=O) groups excluding carboxylic acids is 1. The number of benzene rings is 2. The van der Waals surface area contributed by atoms with E-state index in [4.69, 9.17) is 9.47 Å². The monoisotopic (exact) mass is 421 g/mol. The molecule has 0 atom stereocenters. The molecule has 3 aromatic rings. The highest BCUT2D eigenvalue weighted by Crippen LogP contribution is 2.34. The SMILES string of the molecule is CCOc1cc2c(cc1OCC)CN(C(=O)Cn1nc(C)c3ccccc3c1=O)CC2. The highest BCUT2D eigenvalue weighted by Gasteiger charge is 2.24. The minimum absolute atomic E-state index is 0.0742. The smallest absolute Gasteiger partial charge is 0.275 e. The first-order valence-corrected chi connectivity index (χ1v) is 10.7. The van der Waals surface area contributed by atoms with Crippen LogP contribution in [0.2, 0.25) is 0 Å². The third kappa shape index (κ3) is 4.13. The van der Waals surface area contributed by atoms with Crippen molar-refractivity contribution in [2.24, 2.45) is 0 Å². The molecule has 4 rings (SSSR count). The molecular weight excluding hydrogens is 394 g/mol. The van der Waals surface area contributed by atoms with E-state index in [-0.39, 0.29) is 18.0 Å². The lowest BCUT2D eigenvalue weighted by Crippen LogP contribution is -2.40. The summed E-state index contributed by atoms with van der Waals surface area (Å²) in [6.07, 6.45) is 0.729. The van der Waals surface area contributed by atoms with Crippen molar-refractivity contribution in [3.63, 3.8) is 0 Å². The Morgan fingerprint density at radius 1 is 1.03 bits per heavy atom. The van der Waals surface area contributed by atoms with E-state index in [2.05, 4.69) is 5.10 Å².